The molecule has 164 valence electrons. The van der Waals surface area contributed by atoms with Gasteiger partial charge >= 0.3 is 18.0 Å². The van der Waals surface area contributed by atoms with E-state index in [9.17, 15) is 24.7 Å². The molecule has 0 bridgehead atoms. The Hall–Kier alpha value is -3.01. The Kier molecular flexibility index (Phi) is 6.30. The number of hydroxylamine groups is 2. The molecule has 1 atom stereocenters. The minimum atomic E-state index is -1.26. The summed E-state index contributed by atoms with van der Waals surface area (Å²) in [5.74, 6) is -1.23. The second-order valence-electron chi connectivity index (χ2n) is 7.42. The fraction of sp³-hybridized carbons (Fsp3) is 0.250. The molecule has 3 N–H and O–H groups in total. The first-order valence-electron chi connectivity index (χ1n) is 9.15. The first kappa shape index (κ1) is 22.7. The maximum atomic E-state index is 13.1. The van der Waals surface area contributed by atoms with Crippen molar-refractivity contribution in [2.75, 3.05) is 16.8 Å². The molecule has 0 saturated carbocycles. The van der Waals surface area contributed by atoms with Gasteiger partial charge in [-0.1, -0.05) is 23.2 Å². The molecule has 2 aromatic rings. The zero-order valence-corrected chi connectivity index (χ0v) is 18.1. The lowest BCUT2D eigenvalue weighted by atomic mass is 10.00. The van der Waals surface area contributed by atoms with E-state index in [0.717, 1.165) is 9.80 Å². The molecule has 4 amide bonds. The Balaban J connectivity index is 1.98. The molecule has 1 aliphatic heterocycles. The number of carbonyl (C=O) groups is 3. The number of nitrogens with one attached hydrogen (secondary N) is 1. The highest BCUT2D eigenvalue weighted by atomic mass is 35.5. The quantitative estimate of drug-likeness (QED) is 0.447. The van der Waals surface area contributed by atoms with Gasteiger partial charge in [-0.3, -0.25) is 14.9 Å². The van der Waals surface area contributed by atoms with Gasteiger partial charge in [-0.05, 0) is 62.4 Å². The highest BCUT2D eigenvalue weighted by molar-refractivity contribution is 6.31. The molecule has 2 aromatic carbocycles. The molecule has 0 radical (unpaired) electrons. The molecule has 3 rings (SSSR count). The van der Waals surface area contributed by atoms with Gasteiger partial charge in [0, 0.05) is 21.4 Å². The number of halogens is 2. The van der Waals surface area contributed by atoms with E-state index in [-0.39, 0.29) is 0 Å². The van der Waals surface area contributed by atoms with E-state index < -0.39 is 36.3 Å². The predicted molar refractivity (Wildman–Crippen MR) is 116 cm³/mol. The van der Waals surface area contributed by atoms with Gasteiger partial charge in [-0.25, -0.2) is 9.59 Å². The smallest absolute Gasteiger partial charge is 0.347 e. The van der Waals surface area contributed by atoms with Crippen LogP contribution >= 0.6 is 23.2 Å². The van der Waals surface area contributed by atoms with Crippen LogP contribution in [0.5, 0.6) is 0 Å². The Morgan fingerprint density at radius 1 is 1.06 bits per heavy atom. The van der Waals surface area contributed by atoms with E-state index in [2.05, 4.69) is 5.32 Å². The van der Waals surface area contributed by atoms with E-state index >= 15 is 0 Å². The molecule has 31 heavy (non-hydrogen) atoms. The lowest BCUT2D eigenvalue weighted by molar-refractivity contribution is -0.140. The fourth-order valence-corrected chi connectivity index (χ4v) is 3.68. The van der Waals surface area contributed by atoms with Crippen molar-refractivity contribution in [2.24, 2.45) is 0 Å². The lowest BCUT2D eigenvalue weighted by Crippen LogP contribution is -2.58. The molecule has 9 nitrogen and oxygen atoms in total. The first-order chi connectivity index (χ1) is 14.5. The second-order valence-corrected chi connectivity index (χ2v) is 8.29. The number of carboxylic acid groups (broad SMARTS) is 1. The second kappa shape index (κ2) is 8.62. The molecular formula is C20H20Cl2N4O5. The van der Waals surface area contributed by atoms with Crippen molar-refractivity contribution in [2.45, 2.75) is 25.6 Å². The van der Waals surface area contributed by atoms with Gasteiger partial charge in [0.05, 0.1) is 5.54 Å². The molecule has 1 fully saturated rings. The van der Waals surface area contributed by atoms with Crippen LogP contribution in [0.15, 0.2) is 48.5 Å². The average molecular weight is 467 g/mol. The van der Waals surface area contributed by atoms with E-state index in [4.69, 9.17) is 23.2 Å². The summed E-state index contributed by atoms with van der Waals surface area (Å²) in [7, 11) is 0. The van der Waals surface area contributed by atoms with Gasteiger partial charge in [0.2, 0.25) is 0 Å². The van der Waals surface area contributed by atoms with Crippen molar-refractivity contribution in [3.8, 4) is 0 Å². The summed E-state index contributed by atoms with van der Waals surface area (Å²) in [5, 5.41) is 23.9. The highest BCUT2D eigenvalue weighted by Gasteiger charge is 2.56. The minimum Gasteiger partial charge on any atom is -0.480 e. The number of rotatable bonds is 5. The highest BCUT2D eigenvalue weighted by Crippen LogP contribution is 2.38. The summed E-state index contributed by atoms with van der Waals surface area (Å²) in [5.41, 5.74) is -0.559. The Bertz CT molecular complexity index is 998. The van der Waals surface area contributed by atoms with Crippen LogP contribution in [0, 0.1) is 0 Å². The number of nitrogens with zero attached hydrogens (tertiary/aromatic N) is 3. The first-order valence-corrected chi connectivity index (χ1v) is 9.91. The third-order valence-corrected chi connectivity index (χ3v) is 5.45. The molecule has 11 heteroatoms. The fourth-order valence-electron chi connectivity index (χ4n) is 3.43. The molecule has 0 aromatic heterocycles. The molecule has 1 saturated heterocycles. The topological polar surface area (TPSA) is 113 Å². The predicted octanol–water partition coefficient (Wildman–Crippen LogP) is 4.35. The van der Waals surface area contributed by atoms with Crippen molar-refractivity contribution < 1.29 is 24.7 Å². The largest absolute Gasteiger partial charge is 0.480 e. The van der Waals surface area contributed by atoms with Crippen LogP contribution in [-0.4, -0.2) is 56.6 Å². The normalized spacial score (nSPS) is 17.6. The number of aliphatic carboxylic acids is 1. The van der Waals surface area contributed by atoms with Crippen LogP contribution in [0.25, 0.3) is 0 Å². The Morgan fingerprint density at radius 3 is 2.10 bits per heavy atom. The van der Waals surface area contributed by atoms with E-state index in [1.807, 2.05) is 0 Å². The molecule has 1 unspecified atom stereocenters. The summed E-state index contributed by atoms with van der Waals surface area (Å²) in [6, 6.07) is 10.8. The number of urea groups is 2. The molecule has 1 heterocycles. The van der Waals surface area contributed by atoms with Gasteiger partial charge in [-0.15, -0.1) is 0 Å². The van der Waals surface area contributed by atoms with Gasteiger partial charge in [0.25, 0.3) is 0 Å². The van der Waals surface area contributed by atoms with Gasteiger partial charge in [0.15, 0.2) is 6.17 Å². The summed E-state index contributed by atoms with van der Waals surface area (Å²) < 4.78 is 0. The Morgan fingerprint density at radius 2 is 1.58 bits per heavy atom. The van der Waals surface area contributed by atoms with Crippen molar-refractivity contribution in [1.82, 2.24) is 9.96 Å². The maximum Gasteiger partial charge on any atom is 0.347 e. The summed E-state index contributed by atoms with van der Waals surface area (Å²) in [6.07, 6.45) is -1.24. The maximum absolute atomic E-state index is 13.1. The minimum absolute atomic E-state index is 0.332. The van der Waals surface area contributed by atoms with Crippen LogP contribution in [0.4, 0.5) is 21.0 Å². The van der Waals surface area contributed by atoms with Crippen LogP contribution in [0.1, 0.15) is 13.8 Å². The number of carboxylic acids is 1. The van der Waals surface area contributed by atoms with Crippen molar-refractivity contribution >= 4 is 52.6 Å². The van der Waals surface area contributed by atoms with Crippen LogP contribution < -0.4 is 10.2 Å². The number of anilines is 2. The zero-order chi connectivity index (χ0) is 22.9. The number of amides is 4. The van der Waals surface area contributed by atoms with Crippen molar-refractivity contribution in [3.63, 3.8) is 0 Å². The van der Waals surface area contributed by atoms with Gasteiger partial charge < -0.3 is 15.3 Å². The van der Waals surface area contributed by atoms with E-state index in [0.29, 0.717) is 26.5 Å². The number of hydrogen-bond acceptors (Lipinski definition) is 4. The lowest BCUT2D eigenvalue weighted by Gasteiger charge is -2.38. The summed E-state index contributed by atoms with van der Waals surface area (Å²) in [6.45, 7) is 2.51. The summed E-state index contributed by atoms with van der Waals surface area (Å²) in [4.78, 5) is 39.5. The number of hydrogen-bond donors (Lipinski definition) is 3. The monoisotopic (exact) mass is 466 g/mol. The molecule has 1 aliphatic rings. The molecule has 0 spiro atoms. The van der Waals surface area contributed by atoms with Crippen LogP contribution in [0.3, 0.4) is 0 Å². The third-order valence-electron chi connectivity index (χ3n) is 4.94. The van der Waals surface area contributed by atoms with Gasteiger partial charge in [-0.2, -0.15) is 5.06 Å². The molecule has 0 aliphatic carbocycles. The van der Waals surface area contributed by atoms with Crippen molar-refractivity contribution in [3.05, 3.63) is 58.6 Å². The summed E-state index contributed by atoms with van der Waals surface area (Å²) >= 11 is 11.8. The van der Waals surface area contributed by atoms with Crippen molar-refractivity contribution in [1.29, 1.82) is 0 Å². The van der Waals surface area contributed by atoms with E-state index in [1.54, 1.807) is 62.4 Å². The van der Waals surface area contributed by atoms with Crippen LogP contribution in [-0.2, 0) is 4.79 Å². The Labute approximate surface area is 188 Å². The average Bonchev–Trinajstić information content (AvgIpc) is 2.89. The zero-order valence-electron chi connectivity index (χ0n) is 16.6. The van der Waals surface area contributed by atoms with Gasteiger partial charge in [0.1, 0.15) is 6.54 Å². The van der Waals surface area contributed by atoms with Crippen LogP contribution in [0.2, 0.25) is 10.0 Å². The molecular weight excluding hydrogens is 447 g/mol. The number of carbonyl (C=O) groups excluding carboxylic acids is 2. The van der Waals surface area contributed by atoms with E-state index in [1.165, 1.54) is 0 Å². The third kappa shape index (κ3) is 4.53. The number of benzene rings is 2. The standard InChI is InChI=1S/C20H20Cl2N4O5/c1-20(2)17(26(31)18(29)23-14-7-3-12(21)4-8-14)25(15-9-5-13(22)6-10-15)19(30)24(20)11-16(27)28/h3-10,17,31H,11H2,1-2H3,(H,23,29)(H,27,28). The SMILES string of the molecule is CC1(C)C(N(O)C(=O)Nc2ccc(Cl)cc2)N(c2ccc(Cl)cc2)C(=O)N1CC(=O)O.